The molecule has 0 bridgehead atoms. The van der Waals surface area contributed by atoms with Crippen molar-refractivity contribution in [1.29, 1.82) is 0 Å². The van der Waals surface area contributed by atoms with Gasteiger partial charge in [0.1, 0.15) is 0 Å². The Morgan fingerprint density at radius 2 is 2.00 bits per heavy atom. The van der Waals surface area contributed by atoms with Crippen LogP contribution in [0.4, 0.5) is 13.2 Å². The second-order valence-electron chi connectivity index (χ2n) is 7.27. The van der Waals surface area contributed by atoms with Gasteiger partial charge >= 0.3 is 12.1 Å². The number of aryl methyl sites for hydroxylation is 1. The number of hydrogen-bond acceptors (Lipinski definition) is 4. The van der Waals surface area contributed by atoms with Gasteiger partial charge in [-0.25, -0.2) is 0 Å². The first-order valence-electron chi connectivity index (χ1n) is 8.61. The van der Waals surface area contributed by atoms with E-state index in [1.54, 1.807) is 17.9 Å². The summed E-state index contributed by atoms with van der Waals surface area (Å²) < 4.78 is 40.2. The number of piperidine rings is 1. The first-order valence-corrected chi connectivity index (χ1v) is 8.61. The highest BCUT2D eigenvalue weighted by Gasteiger charge is 2.43. The number of alkyl halides is 3. The van der Waals surface area contributed by atoms with E-state index in [2.05, 4.69) is 15.6 Å². The Bertz CT molecular complexity index is 819. The van der Waals surface area contributed by atoms with Crippen LogP contribution in [0.3, 0.4) is 0 Å². The number of carbonyl (C=O) groups is 1. The summed E-state index contributed by atoms with van der Waals surface area (Å²) in [6.07, 6.45) is -1.92. The lowest BCUT2D eigenvalue weighted by atomic mass is 9.66. The predicted octanol–water partition coefficient (Wildman–Crippen LogP) is 3.06. The molecule has 1 aliphatic rings. The normalized spacial score (nSPS) is 26.1. The molecule has 0 saturated carbocycles. The number of carboxylic acid groups (broad SMARTS) is 1. The van der Waals surface area contributed by atoms with Crippen molar-refractivity contribution in [3.8, 4) is 0 Å². The molecule has 1 saturated heterocycles. The fourth-order valence-corrected chi connectivity index (χ4v) is 4.02. The zero-order chi connectivity index (χ0) is 19.8. The number of benzene rings is 1. The van der Waals surface area contributed by atoms with Gasteiger partial charge in [0.2, 0.25) is 0 Å². The largest absolute Gasteiger partial charge is 0.481 e. The van der Waals surface area contributed by atoms with Gasteiger partial charge in [-0.05, 0) is 37.5 Å². The van der Waals surface area contributed by atoms with Gasteiger partial charge in [0.15, 0.2) is 0 Å². The highest BCUT2D eigenvalue weighted by atomic mass is 19.4. The molecule has 0 aliphatic carbocycles. The fraction of sp³-hybridized carbons (Fsp3) is 0.500. The van der Waals surface area contributed by atoms with Crippen LogP contribution in [0.25, 0.3) is 0 Å². The van der Waals surface area contributed by atoms with E-state index < -0.39 is 23.1 Å². The van der Waals surface area contributed by atoms with Crippen molar-refractivity contribution in [2.24, 2.45) is 7.05 Å². The molecule has 3 atom stereocenters. The first kappa shape index (κ1) is 19.3. The number of nitrogens with one attached hydrogen (secondary N) is 1. The molecular weight excluding hydrogens is 361 g/mol. The standard InChI is InChI=1S/C18H21F3N4O2/c1-11-7-17(9-16(26)27,8-14(22-11)15-10-25(2)24-23-15)12-3-5-13(6-4-12)18(19,20)21/h3-6,10-11,14,22H,7-9H2,1-2H3,(H,26,27)/t11-,14-,17+/m0/s1. The summed E-state index contributed by atoms with van der Waals surface area (Å²) in [5.74, 6) is -0.984. The molecule has 2 N–H and O–H groups in total. The van der Waals surface area contributed by atoms with E-state index in [0.29, 0.717) is 24.1 Å². The van der Waals surface area contributed by atoms with Crippen molar-refractivity contribution < 1.29 is 23.1 Å². The number of hydrogen-bond donors (Lipinski definition) is 2. The van der Waals surface area contributed by atoms with Gasteiger partial charge in [-0.2, -0.15) is 13.2 Å². The Morgan fingerprint density at radius 3 is 2.52 bits per heavy atom. The van der Waals surface area contributed by atoms with Crippen molar-refractivity contribution in [2.75, 3.05) is 0 Å². The van der Waals surface area contributed by atoms with E-state index in [4.69, 9.17) is 0 Å². The predicted molar refractivity (Wildman–Crippen MR) is 91.0 cm³/mol. The molecule has 146 valence electrons. The van der Waals surface area contributed by atoms with Crippen LogP contribution in [0, 0.1) is 0 Å². The minimum atomic E-state index is -4.43. The maximum atomic E-state index is 12.9. The smallest absolute Gasteiger partial charge is 0.416 e. The molecule has 1 aromatic heterocycles. The summed E-state index contributed by atoms with van der Waals surface area (Å²) in [5, 5.41) is 20.9. The molecule has 3 rings (SSSR count). The molecule has 0 radical (unpaired) electrons. The van der Waals surface area contributed by atoms with Crippen LogP contribution in [-0.4, -0.2) is 32.1 Å². The van der Waals surface area contributed by atoms with Crippen LogP contribution in [0.1, 0.15) is 49.0 Å². The topological polar surface area (TPSA) is 80.0 Å². The van der Waals surface area contributed by atoms with Crippen LogP contribution in [-0.2, 0) is 23.4 Å². The third kappa shape index (κ3) is 4.13. The number of carboxylic acids is 1. The van der Waals surface area contributed by atoms with Gasteiger partial charge in [-0.15, -0.1) is 5.10 Å². The molecule has 9 heteroatoms. The quantitative estimate of drug-likeness (QED) is 0.850. The third-order valence-electron chi connectivity index (χ3n) is 5.07. The third-order valence-corrected chi connectivity index (χ3v) is 5.07. The van der Waals surface area contributed by atoms with Gasteiger partial charge in [0.05, 0.1) is 23.7 Å². The zero-order valence-corrected chi connectivity index (χ0v) is 15.0. The second kappa shape index (κ2) is 6.95. The molecule has 1 aromatic carbocycles. The summed E-state index contributed by atoms with van der Waals surface area (Å²) in [4.78, 5) is 11.6. The summed E-state index contributed by atoms with van der Waals surface area (Å²) in [6.45, 7) is 1.93. The maximum absolute atomic E-state index is 12.9. The van der Waals surface area contributed by atoms with Gasteiger partial charge < -0.3 is 10.4 Å². The van der Waals surface area contributed by atoms with Gasteiger partial charge in [-0.3, -0.25) is 9.48 Å². The van der Waals surface area contributed by atoms with Crippen LogP contribution in [0.2, 0.25) is 0 Å². The van der Waals surface area contributed by atoms with E-state index in [1.165, 1.54) is 12.1 Å². The Labute approximate surface area is 154 Å². The molecule has 0 spiro atoms. The van der Waals surface area contributed by atoms with Crippen LogP contribution in [0.15, 0.2) is 30.5 Å². The molecule has 0 unspecified atom stereocenters. The summed E-state index contributed by atoms with van der Waals surface area (Å²) >= 11 is 0. The van der Waals surface area contributed by atoms with Crippen molar-refractivity contribution >= 4 is 5.97 Å². The number of halogens is 3. The molecule has 0 amide bonds. The number of aromatic nitrogens is 3. The molecular formula is C18H21F3N4O2. The van der Waals surface area contributed by atoms with Gasteiger partial charge in [0, 0.05) is 24.7 Å². The number of nitrogens with zero attached hydrogens (tertiary/aromatic N) is 3. The Balaban J connectivity index is 1.99. The van der Waals surface area contributed by atoms with Crippen LogP contribution < -0.4 is 5.32 Å². The van der Waals surface area contributed by atoms with Gasteiger partial charge in [-0.1, -0.05) is 17.3 Å². The Kier molecular flexibility index (Phi) is 4.98. The zero-order valence-electron chi connectivity index (χ0n) is 15.0. The molecule has 6 nitrogen and oxygen atoms in total. The molecule has 1 aliphatic heterocycles. The van der Waals surface area contributed by atoms with E-state index in [-0.39, 0.29) is 18.5 Å². The second-order valence-corrected chi connectivity index (χ2v) is 7.27. The number of rotatable bonds is 4. The highest BCUT2D eigenvalue weighted by molar-refractivity contribution is 5.69. The summed E-state index contributed by atoms with van der Waals surface area (Å²) in [5.41, 5.74) is -0.252. The van der Waals surface area contributed by atoms with E-state index in [1.807, 2.05) is 6.92 Å². The van der Waals surface area contributed by atoms with E-state index >= 15 is 0 Å². The first-order chi connectivity index (χ1) is 12.6. The minimum Gasteiger partial charge on any atom is -0.481 e. The monoisotopic (exact) mass is 382 g/mol. The average molecular weight is 382 g/mol. The van der Waals surface area contributed by atoms with E-state index in [9.17, 15) is 23.1 Å². The summed E-state index contributed by atoms with van der Waals surface area (Å²) in [6, 6.07) is 4.57. The molecule has 1 fully saturated rings. The Hall–Kier alpha value is -2.42. The van der Waals surface area contributed by atoms with E-state index in [0.717, 1.165) is 12.1 Å². The number of aliphatic carboxylic acids is 1. The Morgan fingerprint density at radius 1 is 1.33 bits per heavy atom. The molecule has 2 aromatic rings. The SMILES string of the molecule is C[C@H]1C[C@@](CC(=O)O)(c2ccc(C(F)(F)F)cc2)C[C@@H](c2cn(C)nn2)N1. The van der Waals surface area contributed by atoms with Crippen LogP contribution >= 0.6 is 0 Å². The maximum Gasteiger partial charge on any atom is 0.416 e. The van der Waals surface area contributed by atoms with Crippen molar-refractivity contribution in [2.45, 2.75) is 49.9 Å². The lowest BCUT2D eigenvalue weighted by Crippen LogP contribution is -2.48. The lowest BCUT2D eigenvalue weighted by molar-refractivity contribution is -0.139. The summed E-state index contributed by atoms with van der Waals surface area (Å²) in [7, 11) is 1.74. The van der Waals surface area contributed by atoms with Crippen molar-refractivity contribution in [1.82, 2.24) is 20.3 Å². The van der Waals surface area contributed by atoms with Crippen molar-refractivity contribution in [3.05, 3.63) is 47.3 Å². The van der Waals surface area contributed by atoms with Gasteiger partial charge in [0.25, 0.3) is 0 Å². The highest BCUT2D eigenvalue weighted by Crippen LogP contribution is 2.45. The minimum absolute atomic E-state index is 0.0348. The van der Waals surface area contributed by atoms with Crippen LogP contribution in [0.5, 0.6) is 0 Å². The average Bonchev–Trinajstić information content (AvgIpc) is 2.99. The molecule has 2 heterocycles. The van der Waals surface area contributed by atoms with Crippen molar-refractivity contribution in [3.63, 3.8) is 0 Å². The molecule has 27 heavy (non-hydrogen) atoms. The fourth-order valence-electron chi connectivity index (χ4n) is 4.02. The lowest BCUT2D eigenvalue weighted by Gasteiger charge is -2.44.